The van der Waals surface area contributed by atoms with Crippen molar-refractivity contribution in [3.8, 4) is 0 Å². The largest absolute Gasteiger partial charge is 0.326 e. The van der Waals surface area contributed by atoms with Crippen molar-refractivity contribution in [3.63, 3.8) is 0 Å². The van der Waals surface area contributed by atoms with Gasteiger partial charge in [0.25, 0.3) is 0 Å². The number of carbonyl (C=O) groups is 2. The van der Waals surface area contributed by atoms with Crippen molar-refractivity contribution in [3.05, 3.63) is 59.4 Å². The highest BCUT2D eigenvalue weighted by molar-refractivity contribution is 8.00. The Labute approximate surface area is 195 Å². The number of nitrogens with one attached hydrogen (secondary N) is 1. The zero-order chi connectivity index (χ0) is 22.9. The molecule has 4 nitrogen and oxygen atoms in total. The first-order valence-electron chi connectivity index (χ1n) is 11.6. The van der Waals surface area contributed by atoms with Gasteiger partial charge in [0.05, 0.1) is 5.75 Å². The number of nitrogens with zero attached hydrogens (tertiary/aromatic N) is 1. The zero-order valence-electron chi connectivity index (χ0n) is 19.0. The van der Waals surface area contributed by atoms with Crippen LogP contribution in [-0.4, -0.2) is 17.6 Å². The molecular weight excluding hydrogens is 423 g/mol. The van der Waals surface area contributed by atoms with Crippen LogP contribution in [0.15, 0.2) is 42.5 Å². The van der Waals surface area contributed by atoms with E-state index in [1.165, 1.54) is 49.9 Å². The van der Waals surface area contributed by atoms with Crippen molar-refractivity contribution in [1.82, 2.24) is 0 Å². The van der Waals surface area contributed by atoms with E-state index in [1.54, 1.807) is 24.0 Å². The molecule has 1 fully saturated rings. The molecule has 1 aliphatic heterocycles. The lowest BCUT2D eigenvalue weighted by molar-refractivity contribution is -0.117. The molecule has 1 aliphatic rings. The monoisotopic (exact) mass is 456 g/mol. The van der Waals surface area contributed by atoms with E-state index in [1.807, 2.05) is 24.3 Å². The number of unbranched alkanes of at least 4 members (excludes halogenated alkanes) is 6. The van der Waals surface area contributed by atoms with Gasteiger partial charge in [-0.1, -0.05) is 63.6 Å². The van der Waals surface area contributed by atoms with Gasteiger partial charge in [-0.25, -0.2) is 4.39 Å². The molecule has 1 atom stereocenters. The second-order valence-corrected chi connectivity index (χ2v) is 9.47. The molecule has 0 spiro atoms. The van der Waals surface area contributed by atoms with Crippen molar-refractivity contribution in [2.75, 3.05) is 16.0 Å². The number of anilines is 2. The lowest BCUT2D eigenvalue weighted by atomic mass is 10.1. The summed E-state index contributed by atoms with van der Waals surface area (Å²) in [5.74, 6) is -0.00748. The molecular formula is C26H33FN2O2S. The fourth-order valence-corrected chi connectivity index (χ4v) is 5.08. The predicted molar refractivity (Wildman–Crippen MR) is 132 cm³/mol. The number of benzene rings is 2. The van der Waals surface area contributed by atoms with E-state index in [9.17, 15) is 14.0 Å². The number of hydrogen-bond donors (Lipinski definition) is 1. The highest BCUT2D eigenvalue weighted by atomic mass is 32.2. The molecule has 1 N–H and O–H groups in total. The van der Waals surface area contributed by atoms with Crippen molar-refractivity contribution in [2.45, 2.75) is 70.6 Å². The van der Waals surface area contributed by atoms with Crippen LogP contribution in [0.5, 0.6) is 0 Å². The van der Waals surface area contributed by atoms with Crippen molar-refractivity contribution in [2.24, 2.45) is 0 Å². The first-order valence-corrected chi connectivity index (χ1v) is 12.6. The van der Waals surface area contributed by atoms with Gasteiger partial charge >= 0.3 is 0 Å². The van der Waals surface area contributed by atoms with Crippen LogP contribution in [-0.2, 0) is 9.59 Å². The molecule has 2 aromatic rings. The normalized spacial score (nSPS) is 15.9. The first kappa shape index (κ1) is 24.3. The molecule has 0 aromatic heterocycles. The summed E-state index contributed by atoms with van der Waals surface area (Å²) in [7, 11) is 0. The van der Waals surface area contributed by atoms with Crippen molar-refractivity contribution < 1.29 is 14.0 Å². The van der Waals surface area contributed by atoms with Gasteiger partial charge in [-0.2, -0.15) is 0 Å². The Morgan fingerprint density at radius 2 is 1.84 bits per heavy atom. The van der Waals surface area contributed by atoms with Gasteiger partial charge in [-0.05, 0) is 48.7 Å². The summed E-state index contributed by atoms with van der Waals surface area (Å²) in [6.45, 7) is 3.91. The van der Waals surface area contributed by atoms with E-state index in [4.69, 9.17) is 0 Å². The second kappa shape index (κ2) is 12.0. The molecule has 1 heterocycles. The molecule has 1 saturated heterocycles. The lowest BCUT2D eigenvalue weighted by Crippen LogP contribution is -2.28. The highest BCUT2D eigenvalue weighted by Crippen LogP contribution is 2.42. The molecule has 172 valence electrons. The lowest BCUT2D eigenvalue weighted by Gasteiger charge is -2.25. The summed E-state index contributed by atoms with van der Waals surface area (Å²) in [4.78, 5) is 26.6. The van der Waals surface area contributed by atoms with E-state index < -0.39 is 0 Å². The van der Waals surface area contributed by atoms with Crippen molar-refractivity contribution >= 4 is 35.0 Å². The Hall–Kier alpha value is -2.34. The van der Waals surface area contributed by atoms with Crippen LogP contribution in [0.1, 0.15) is 74.8 Å². The van der Waals surface area contributed by atoms with E-state index in [0.717, 1.165) is 24.1 Å². The van der Waals surface area contributed by atoms with Gasteiger partial charge in [0, 0.05) is 17.8 Å². The number of thioether (sulfide) groups is 1. The maximum Gasteiger partial charge on any atom is 0.238 e. The molecule has 0 aliphatic carbocycles. The number of hydrogen-bond acceptors (Lipinski definition) is 3. The van der Waals surface area contributed by atoms with Gasteiger partial charge in [-0.3, -0.25) is 14.5 Å². The summed E-state index contributed by atoms with van der Waals surface area (Å²) in [6, 6.07) is 12.5. The average molecular weight is 457 g/mol. The van der Waals surface area contributed by atoms with Gasteiger partial charge < -0.3 is 5.32 Å². The molecule has 0 bridgehead atoms. The maximum atomic E-state index is 14.1. The molecule has 2 aromatic carbocycles. The van der Waals surface area contributed by atoms with Gasteiger partial charge in [0.15, 0.2) is 0 Å². The third-order valence-electron chi connectivity index (χ3n) is 5.76. The Balaban J connectivity index is 1.59. The number of rotatable bonds is 11. The summed E-state index contributed by atoms with van der Waals surface area (Å²) in [5, 5.41) is 2.74. The second-order valence-electron chi connectivity index (χ2n) is 8.41. The molecule has 0 saturated carbocycles. The molecule has 0 radical (unpaired) electrons. The van der Waals surface area contributed by atoms with E-state index in [-0.39, 0.29) is 23.0 Å². The Morgan fingerprint density at radius 1 is 1.09 bits per heavy atom. The fourth-order valence-electron chi connectivity index (χ4n) is 3.92. The number of halogens is 1. The minimum Gasteiger partial charge on any atom is -0.326 e. The van der Waals surface area contributed by atoms with Crippen LogP contribution in [0.3, 0.4) is 0 Å². The predicted octanol–water partition coefficient (Wildman–Crippen LogP) is 6.99. The Kier molecular flexibility index (Phi) is 9.15. The average Bonchev–Trinajstić information content (AvgIpc) is 3.16. The van der Waals surface area contributed by atoms with E-state index in [2.05, 4.69) is 12.2 Å². The maximum absolute atomic E-state index is 14.1. The van der Waals surface area contributed by atoms with Crippen LogP contribution in [0.4, 0.5) is 15.8 Å². The van der Waals surface area contributed by atoms with Crippen LogP contribution < -0.4 is 10.2 Å². The number of amides is 2. The molecule has 3 rings (SSSR count). The third kappa shape index (κ3) is 6.58. The Bertz CT molecular complexity index is 934. The van der Waals surface area contributed by atoms with Gasteiger partial charge in [0.2, 0.25) is 11.8 Å². The molecule has 2 amide bonds. The fraction of sp³-hybridized carbons (Fsp3) is 0.462. The van der Waals surface area contributed by atoms with Gasteiger partial charge in [-0.15, -0.1) is 11.8 Å². The first-order chi connectivity index (χ1) is 15.5. The molecule has 6 heteroatoms. The minimum atomic E-state index is -0.322. The molecule has 32 heavy (non-hydrogen) atoms. The summed E-state index contributed by atoms with van der Waals surface area (Å²) < 4.78 is 14.1. The summed E-state index contributed by atoms with van der Waals surface area (Å²) in [6.07, 6.45) is 8.75. The smallest absolute Gasteiger partial charge is 0.238 e. The quantitative estimate of drug-likeness (QED) is 0.371. The van der Waals surface area contributed by atoms with Gasteiger partial charge in [0.1, 0.15) is 11.2 Å². The van der Waals surface area contributed by atoms with E-state index >= 15 is 0 Å². The summed E-state index contributed by atoms with van der Waals surface area (Å²) >= 11 is 1.51. The topological polar surface area (TPSA) is 49.4 Å². The van der Waals surface area contributed by atoms with Crippen LogP contribution >= 0.6 is 11.8 Å². The van der Waals surface area contributed by atoms with E-state index in [0.29, 0.717) is 23.4 Å². The standard InChI is InChI=1S/C26H33FN2O2S/c1-3-4-5-6-7-8-9-13-24(30)28-21-12-10-11-20(16-21)26-29(25(31)18-32-26)22-15-14-19(2)23(27)17-22/h10-12,14-17,26H,3-9,13,18H2,1-2H3,(H,28,30). The van der Waals surface area contributed by atoms with Crippen LogP contribution in [0, 0.1) is 12.7 Å². The van der Waals surface area contributed by atoms with Crippen LogP contribution in [0.2, 0.25) is 0 Å². The summed E-state index contributed by atoms with van der Waals surface area (Å²) in [5.41, 5.74) is 2.75. The minimum absolute atomic E-state index is 0.0170. The molecule has 1 unspecified atom stereocenters. The Morgan fingerprint density at radius 3 is 2.59 bits per heavy atom. The number of carbonyl (C=O) groups excluding carboxylic acids is 2. The highest BCUT2D eigenvalue weighted by Gasteiger charge is 2.34. The van der Waals surface area contributed by atoms with Crippen molar-refractivity contribution in [1.29, 1.82) is 0 Å². The third-order valence-corrected chi connectivity index (χ3v) is 6.98. The zero-order valence-corrected chi connectivity index (χ0v) is 19.8. The SMILES string of the molecule is CCCCCCCCCC(=O)Nc1cccc(C2SCC(=O)N2c2ccc(C)c(F)c2)c1. The van der Waals surface area contributed by atoms with Crippen LogP contribution in [0.25, 0.3) is 0 Å². The number of aryl methyl sites for hydroxylation is 1.